The van der Waals surface area contributed by atoms with Crippen LogP contribution in [0.5, 0.6) is 0 Å². The minimum absolute atomic E-state index is 0.00929. The summed E-state index contributed by atoms with van der Waals surface area (Å²) in [6, 6.07) is 5.49. The summed E-state index contributed by atoms with van der Waals surface area (Å²) >= 11 is 0.975. The first-order chi connectivity index (χ1) is 8.99. The second-order valence-electron chi connectivity index (χ2n) is 4.25. The van der Waals surface area contributed by atoms with Crippen molar-refractivity contribution in [2.45, 2.75) is 12.5 Å². The maximum atomic E-state index is 12.8. The molecule has 2 rings (SSSR count). The summed E-state index contributed by atoms with van der Waals surface area (Å²) in [5.41, 5.74) is -0.752. The van der Waals surface area contributed by atoms with Gasteiger partial charge in [-0.1, -0.05) is 16.6 Å². The van der Waals surface area contributed by atoms with Gasteiger partial charge in [-0.25, -0.2) is 4.39 Å². The Labute approximate surface area is 113 Å². The SMILES string of the molecule is CC(O)(CNC(=O)c1cnns1)c1ccc(F)cc1. The van der Waals surface area contributed by atoms with Gasteiger partial charge in [-0.2, -0.15) is 0 Å². The average Bonchev–Trinajstić information content (AvgIpc) is 2.90. The number of rotatable bonds is 4. The molecule has 0 aliphatic heterocycles. The van der Waals surface area contributed by atoms with Crippen LogP contribution in [0.15, 0.2) is 30.5 Å². The minimum atomic E-state index is -1.28. The number of aliphatic hydroxyl groups is 1. The van der Waals surface area contributed by atoms with Crippen LogP contribution in [0.25, 0.3) is 0 Å². The van der Waals surface area contributed by atoms with Crippen LogP contribution in [0, 0.1) is 5.82 Å². The Morgan fingerprint density at radius 3 is 2.74 bits per heavy atom. The van der Waals surface area contributed by atoms with Crippen LogP contribution in [0.1, 0.15) is 22.2 Å². The summed E-state index contributed by atoms with van der Waals surface area (Å²) in [6.07, 6.45) is 1.35. The van der Waals surface area contributed by atoms with Gasteiger partial charge in [0, 0.05) is 0 Å². The average molecular weight is 281 g/mol. The fourth-order valence-electron chi connectivity index (χ4n) is 1.52. The van der Waals surface area contributed by atoms with Crippen LogP contribution < -0.4 is 5.32 Å². The zero-order valence-corrected chi connectivity index (χ0v) is 10.9. The maximum absolute atomic E-state index is 12.8. The van der Waals surface area contributed by atoms with Gasteiger partial charge in [0.2, 0.25) is 0 Å². The Kier molecular flexibility index (Phi) is 3.87. The lowest BCUT2D eigenvalue weighted by atomic mass is 9.96. The number of hydrogen-bond donors (Lipinski definition) is 2. The van der Waals surface area contributed by atoms with Gasteiger partial charge in [-0.15, -0.1) is 5.10 Å². The number of nitrogens with zero attached hydrogens (tertiary/aromatic N) is 2. The van der Waals surface area contributed by atoms with Crippen molar-refractivity contribution in [3.63, 3.8) is 0 Å². The van der Waals surface area contributed by atoms with Gasteiger partial charge in [-0.05, 0) is 36.2 Å². The fourth-order valence-corrected chi connectivity index (χ4v) is 1.95. The van der Waals surface area contributed by atoms with Crippen LogP contribution in [0.3, 0.4) is 0 Å². The van der Waals surface area contributed by atoms with E-state index in [-0.39, 0.29) is 18.3 Å². The summed E-state index contributed by atoms with van der Waals surface area (Å²) in [5.74, 6) is -0.725. The summed E-state index contributed by atoms with van der Waals surface area (Å²) in [7, 11) is 0. The number of carbonyl (C=O) groups excluding carboxylic acids is 1. The molecule has 2 aromatic rings. The molecule has 1 atom stereocenters. The molecule has 2 N–H and O–H groups in total. The highest BCUT2D eigenvalue weighted by Crippen LogP contribution is 2.20. The molecule has 0 saturated carbocycles. The lowest BCUT2D eigenvalue weighted by molar-refractivity contribution is 0.0527. The first-order valence-corrected chi connectivity index (χ1v) is 6.30. The molecule has 0 bridgehead atoms. The quantitative estimate of drug-likeness (QED) is 0.886. The number of benzene rings is 1. The van der Waals surface area contributed by atoms with Crippen LogP contribution in [-0.4, -0.2) is 27.1 Å². The van der Waals surface area contributed by atoms with Crippen LogP contribution in [0.4, 0.5) is 4.39 Å². The van der Waals surface area contributed by atoms with Gasteiger partial charge in [0.25, 0.3) is 5.91 Å². The van der Waals surface area contributed by atoms with E-state index in [0.29, 0.717) is 10.4 Å². The highest BCUT2D eigenvalue weighted by Gasteiger charge is 2.24. The monoisotopic (exact) mass is 281 g/mol. The number of hydrogen-bond acceptors (Lipinski definition) is 5. The second-order valence-corrected chi connectivity index (χ2v) is 5.03. The normalized spacial score (nSPS) is 13.8. The Bertz CT molecular complexity index is 555. The number of aromatic nitrogens is 2. The van der Waals surface area contributed by atoms with Crippen molar-refractivity contribution in [3.05, 3.63) is 46.7 Å². The molecule has 0 aliphatic carbocycles. The van der Waals surface area contributed by atoms with Crippen molar-refractivity contribution >= 4 is 17.4 Å². The third kappa shape index (κ3) is 3.33. The van der Waals surface area contributed by atoms with Gasteiger partial charge in [0.15, 0.2) is 0 Å². The highest BCUT2D eigenvalue weighted by molar-refractivity contribution is 7.07. The van der Waals surface area contributed by atoms with E-state index >= 15 is 0 Å². The molecule has 19 heavy (non-hydrogen) atoms. The van der Waals surface area contributed by atoms with E-state index in [9.17, 15) is 14.3 Å². The molecule has 5 nitrogen and oxygen atoms in total. The minimum Gasteiger partial charge on any atom is -0.384 e. The predicted octanol–water partition coefficient (Wildman–Crippen LogP) is 1.31. The Morgan fingerprint density at radius 1 is 1.47 bits per heavy atom. The molecule has 0 fully saturated rings. The van der Waals surface area contributed by atoms with E-state index in [1.807, 2.05) is 0 Å². The second kappa shape index (κ2) is 5.41. The molecular formula is C12H12FN3O2S. The van der Waals surface area contributed by atoms with E-state index in [2.05, 4.69) is 14.9 Å². The van der Waals surface area contributed by atoms with Gasteiger partial charge in [0.05, 0.1) is 12.7 Å². The molecule has 0 radical (unpaired) electrons. The van der Waals surface area contributed by atoms with E-state index < -0.39 is 5.60 Å². The molecule has 7 heteroatoms. The van der Waals surface area contributed by atoms with Gasteiger partial charge < -0.3 is 10.4 Å². The van der Waals surface area contributed by atoms with E-state index in [0.717, 1.165) is 11.5 Å². The third-order valence-electron chi connectivity index (χ3n) is 2.64. The Balaban J connectivity index is 2.01. The molecule has 100 valence electrons. The molecule has 1 aromatic carbocycles. The van der Waals surface area contributed by atoms with Crippen LogP contribution in [0.2, 0.25) is 0 Å². The molecular weight excluding hydrogens is 269 g/mol. The van der Waals surface area contributed by atoms with E-state index in [4.69, 9.17) is 0 Å². The fraction of sp³-hybridized carbons (Fsp3) is 0.250. The first kappa shape index (κ1) is 13.6. The molecule has 0 aliphatic rings. The highest BCUT2D eigenvalue weighted by atomic mass is 32.1. The van der Waals surface area contributed by atoms with Crippen LogP contribution >= 0.6 is 11.5 Å². The molecule has 0 saturated heterocycles. The standard InChI is InChI=1S/C12H12FN3O2S/c1-12(18,8-2-4-9(13)5-3-8)7-14-11(17)10-6-15-16-19-10/h2-6,18H,7H2,1H3,(H,14,17). The van der Waals surface area contributed by atoms with Gasteiger partial charge >= 0.3 is 0 Å². The summed E-state index contributed by atoms with van der Waals surface area (Å²) in [4.78, 5) is 12.1. The number of halogens is 1. The topological polar surface area (TPSA) is 75.1 Å². The molecule has 1 unspecified atom stereocenters. The lowest BCUT2D eigenvalue weighted by Crippen LogP contribution is -2.38. The van der Waals surface area contributed by atoms with Crippen LogP contribution in [-0.2, 0) is 5.60 Å². The number of amides is 1. The smallest absolute Gasteiger partial charge is 0.264 e. The van der Waals surface area contributed by atoms with Crippen molar-refractivity contribution in [1.29, 1.82) is 0 Å². The van der Waals surface area contributed by atoms with Crippen molar-refractivity contribution in [3.8, 4) is 0 Å². The summed E-state index contributed by atoms with van der Waals surface area (Å²) in [6.45, 7) is 1.56. The predicted molar refractivity (Wildman–Crippen MR) is 68.2 cm³/mol. The van der Waals surface area contributed by atoms with Crippen molar-refractivity contribution in [2.75, 3.05) is 6.54 Å². The molecule has 1 amide bonds. The molecule has 1 aromatic heterocycles. The van der Waals surface area contributed by atoms with E-state index in [1.54, 1.807) is 6.92 Å². The third-order valence-corrected chi connectivity index (χ3v) is 3.31. The molecule has 1 heterocycles. The van der Waals surface area contributed by atoms with Gasteiger partial charge in [-0.3, -0.25) is 4.79 Å². The zero-order valence-electron chi connectivity index (χ0n) is 10.1. The van der Waals surface area contributed by atoms with Crippen molar-refractivity contribution < 1.29 is 14.3 Å². The zero-order chi connectivity index (χ0) is 13.9. The maximum Gasteiger partial charge on any atom is 0.264 e. The number of nitrogens with one attached hydrogen (secondary N) is 1. The Morgan fingerprint density at radius 2 is 2.16 bits per heavy atom. The largest absolute Gasteiger partial charge is 0.384 e. The van der Waals surface area contributed by atoms with Gasteiger partial charge in [0.1, 0.15) is 16.3 Å². The summed E-state index contributed by atoms with van der Waals surface area (Å²) in [5, 5.41) is 16.4. The van der Waals surface area contributed by atoms with E-state index in [1.165, 1.54) is 30.5 Å². The Hall–Kier alpha value is -1.86. The van der Waals surface area contributed by atoms with Crippen molar-refractivity contribution in [1.82, 2.24) is 14.9 Å². The lowest BCUT2D eigenvalue weighted by Gasteiger charge is -2.24. The summed E-state index contributed by atoms with van der Waals surface area (Å²) < 4.78 is 16.4. The number of carbonyl (C=O) groups is 1. The molecule has 0 spiro atoms. The first-order valence-electron chi connectivity index (χ1n) is 5.53. The van der Waals surface area contributed by atoms with Crippen molar-refractivity contribution in [2.24, 2.45) is 0 Å².